The van der Waals surface area contributed by atoms with Gasteiger partial charge in [-0.15, -0.1) is 0 Å². The van der Waals surface area contributed by atoms with Crippen LogP contribution >= 0.6 is 0 Å². The lowest BCUT2D eigenvalue weighted by Crippen LogP contribution is -2.54. The number of nitrogens with two attached hydrogens (primary N) is 1. The highest BCUT2D eigenvalue weighted by Crippen LogP contribution is 2.34. The first kappa shape index (κ1) is 31.1. The van der Waals surface area contributed by atoms with Crippen LogP contribution in [-0.2, 0) is 21.4 Å². The fraction of sp³-hybridized carbons (Fsp3) is 0.414. The Hall–Kier alpha value is -3.89. The molecule has 0 bridgehead atoms. The zero-order chi connectivity index (χ0) is 30.9. The van der Waals surface area contributed by atoms with Crippen molar-refractivity contribution in [2.75, 3.05) is 30.8 Å². The molecule has 0 spiro atoms. The summed E-state index contributed by atoms with van der Waals surface area (Å²) in [5, 5.41) is 12.3. The minimum Gasteiger partial charge on any atom is -0.495 e. The van der Waals surface area contributed by atoms with Crippen molar-refractivity contribution >= 4 is 38.2 Å². The Balaban J connectivity index is 1.60. The van der Waals surface area contributed by atoms with Crippen LogP contribution in [0.1, 0.15) is 39.3 Å². The largest absolute Gasteiger partial charge is 0.495 e. The van der Waals surface area contributed by atoms with Crippen LogP contribution in [0.5, 0.6) is 5.75 Å². The van der Waals surface area contributed by atoms with Gasteiger partial charge in [-0.1, -0.05) is 12.0 Å². The van der Waals surface area contributed by atoms with Crippen molar-refractivity contribution in [3.8, 4) is 17.6 Å². The second-order valence-corrected chi connectivity index (χ2v) is 12.4. The maximum absolute atomic E-state index is 13.6. The molecular formula is C29H34F3N5O4S. The van der Waals surface area contributed by atoms with Gasteiger partial charge in [0.15, 0.2) is 0 Å². The van der Waals surface area contributed by atoms with E-state index in [2.05, 4.69) is 22.5 Å². The number of fused-ring (bicyclic) bond motifs is 1. The summed E-state index contributed by atoms with van der Waals surface area (Å²) in [6.45, 7) is 5.00. The fourth-order valence-electron chi connectivity index (χ4n) is 5.46. The summed E-state index contributed by atoms with van der Waals surface area (Å²) in [5.41, 5.74) is 1.38. The topological polar surface area (TPSA) is 119 Å². The summed E-state index contributed by atoms with van der Waals surface area (Å²) in [6, 6.07) is 10.9. The normalized spacial score (nSPS) is 17.0. The molecule has 4 rings (SSSR count). The zero-order valence-corrected chi connectivity index (χ0v) is 24.6. The van der Waals surface area contributed by atoms with Gasteiger partial charge < -0.3 is 24.8 Å². The number of hydrogen-bond donors (Lipinski definition) is 3. The predicted octanol–water partition coefficient (Wildman–Crippen LogP) is 4.52. The third kappa shape index (κ3) is 7.11. The predicted molar refractivity (Wildman–Crippen MR) is 156 cm³/mol. The molecule has 1 fully saturated rings. The molecular weight excluding hydrogens is 571 g/mol. The number of amides is 1. The molecule has 42 heavy (non-hydrogen) atoms. The molecule has 0 aliphatic carbocycles. The minimum absolute atomic E-state index is 0.0152. The molecule has 4 N–H and O–H groups in total. The number of primary sulfonamides is 1. The van der Waals surface area contributed by atoms with Gasteiger partial charge in [0, 0.05) is 42.2 Å². The molecule has 2 aromatic carbocycles. The van der Waals surface area contributed by atoms with Crippen LogP contribution in [0.4, 0.5) is 24.5 Å². The summed E-state index contributed by atoms with van der Waals surface area (Å²) in [6.07, 6.45) is -3.07. The number of nitrogens with zero attached hydrogens (tertiary/aromatic N) is 2. The SMILES string of the molecule is COc1cc(S(N)(=O)=O)ccc1NCC#Cc1cc2c(N[C@H]3CCN(C(C)=O)C(C)(C)C3)cccc2n1CC(F)(F)F. The van der Waals surface area contributed by atoms with Gasteiger partial charge in [0.1, 0.15) is 12.3 Å². The summed E-state index contributed by atoms with van der Waals surface area (Å²) in [7, 11) is -2.55. The highest BCUT2D eigenvalue weighted by atomic mass is 32.2. The van der Waals surface area contributed by atoms with Gasteiger partial charge >= 0.3 is 6.18 Å². The molecule has 0 radical (unpaired) electrons. The number of methoxy groups -OCH3 is 1. The number of halogens is 3. The molecule has 0 saturated carbocycles. The number of ether oxygens (including phenoxy) is 1. The van der Waals surface area contributed by atoms with Crippen molar-refractivity contribution in [2.24, 2.45) is 5.14 Å². The van der Waals surface area contributed by atoms with Crippen LogP contribution < -0.4 is 20.5 Å². The van der Waals surface area contributed by atoms with Crippen molar-refractivity contribution in [3.05, 3.63) is 48.2 Å². The number of piperidine rings is 1. The lowest BCUT2D eigenvalue weighted by Gasteiger charge is -2.45. The molecule has 2 heterocycles. The number of benzene rings is 2. The van der Waals surface area contributed by atoms with E-state index in [0.29, 0.717) is 41.7 Å². The van der Waals surface area contributed by atoms with Crippen LogP contribution in [0, 0.1) is 11.8 Å². The van der Waals surface area contributed by atoms with Gasteiger partial charge in [-0.05, 0) is 62.9 Å². The average molecular weight is 606 g/mol. The Morgan fingerprint density at radius 3 is 2.55 bits per heavy atom. The van der Waals surface area contributed by atoms with Crippen molar-refractivity contribution in [1.82, 2.24) is 9.47 Å². The van der Waals surface area contributed by atoms with Crippen LogP contribution in [0.2, 0.25) is 0 Å². The molecule has 9 nitrogen and oxygen atoms in total. The molecule has 226 valence electrons. The van der Waals surface area contributed by atoms with E-state index in [1.807, 2.05) is 24.8 Å². The molecule has 1 aliphatic heterocycles. The number of sulfonamides is 1. The van der Waals surface area contributed by atoms with Gasteiger partial charge in [-0.3, -0.25) is 4.79 Å². The van der Waals surface area contributed by atoms with E-state index < -0.39 is 22.7 Å². The monoisotopic (exact) mass is 605 g/mol. The summed E-state index contributed by atoms with van der Waals surface area (Å²) < 4.78 is 70.4. The second-order valence-electron chi connectivity index (χ2n) is 10.8. The molecule has 3 aromatic rings. The summed E-state index contributed by atoms with van der Waals surface area (Å²) in [5.74, 6) is 5.95. The first-order valence-electron chi connectivity index (χ1n) is 13.3. The molecule has 1 atom stereocenters. The van der Waals surface area contributed by atoms with E-state index in [9.17, 15) is 26.4 Å². The fourth-order valence-corrected chi connectivity index (χ4v) is 5.99. The van der Waals surface area contributed by atoms with Gasteiger partial charge in [0.05, 0.1) is 35.4 Å². The number of hydrogen-bond acceptors (Lipinski definition) is 6. The molecule has 1 amide bonds. The van der Waals surface area contributed by atoms with Crippen molar-refractivity contribution in [1.29, 1.82) is 0 Å². The standard InChI is InChI=1S/C29H34F3N5O4S/c1-19(38)37-14-12-20(17-28(37,2)3)35-24-8-5-9-26-23(24)15-21(36(26)18-29(30,31)32)7-6-13-34-25-11-10-22(42(33,39)40)16-27(25)41-4/h5,8-11,15-16,20,34-35H,12-14,17-18H2,1-4H3,(H2,33,39,40)/t20-/m0/s1. The van der Waals surface area contributed by atoms with Crippen LogP contribution in [0.15, 0.2) is 47.4 Å². The Labute approximate surface area is 243 Å². The lowest BCUT2D eigenvalue weighted by molar-refractivity contribution is -0.140. The third-order valence-electron chi connectivity index (χ3n) is 7.29. The van der Waals surface area contributed by atoms with E-state index in [0.717, 1.165) is 4.57 Å². The van der Waals surface area contributed by atoms with E-state index in [1.165, 1.54) is 25.3 Å². The van der Waals surface area contributed by atoms with E-state index in [1.54, 1.807) is 25.1 Å². The van der Waals surface area contributed by atoms with E-state index in [4.69, 9.17) is 9.88 Å². The van der Waals surface area contributed by atoms with E-state index >= 15 is 0 Å². The van der Waals surface area contributed by atoms with Gasteiger partial charge in [0.25, 0.3) is 0 Å². The number of alkyl halides is 3. The van der Waals surface area contributed by atoms with Crippen molar-refractivity contribution in [2.45, 2.75) is 62.8 Å². The summed E-state index contributed by atoms with van der Waals surface area (Å²) >= 11 is 0. The Morgan fingerprint density at radius 1 is 1.19 bits per heavy atom. The minimum atomic E-state index is -4.47. The number of rotatable bonds is 7. The van der Waals surface area contributed by atoms with E-state index in [-0.39, 0.29) is 40.4 Å². The third-order valence-corrected chi connectivity index (χ3v) is 8.20. The first-order chi connectivity index (χ1) is 19.6. The molecule has 1 saturated heterocycles. The number of nitrogens with one attached hydrogen (secondary N) is 2. The Bertz CT molecular complexity index is 1660. The number of carbonyl (C=O) groups excluding carboxylic acids is 1. The van der Waals surface area contributed by atoms with Gasteiger partial charge in [0.2, 0.25) is 15.9 Å². The smallest absolute Gasteiger partial charge is 0.406 e. The highest BCUT2D eigenvalue weighted by Gasteiger charge is 2.36. The number of aromatic nitrogens is 1. The number of likely N-dealkylation sites (tertiary alicyclic amines) is 1. The Morgan fingerprint density at radius 2 is 1.93 bits per heavy atom. The number of carbonyl (C=O) groups is 1. The second kappa shape index (κ2) is 11.8. The lowest BCUT2D eigenvalue weighted by atomic mass is 9.86. The van der Waals surface area contributed by atoms with Crippen LogP contribution in [0.3, 0.4) is 0 Å². The maximum atomic E-state index is 13.6. The first-order valence-corrected chi connectivity index (χ1v) is 14.8. The zero-order valence-electron chi connectivity index (χ0n) is 23.8. The van der Waals surface area contributed by atoms with Crippen molar-refractivity contribution in [3.63, 3.8) is 0 Å². The van der Waals surface area contributed by atoms with Crippen LogP contribution in [-0.4, -0.2) is 61.7 Å². The number of anilines is 2. The van der Waals surface area contributed by atoms with Gasteiger partial charge in [-0.25, -0.2) is 13.6 Å². The molecule has 1 aliphatic rings. The molecule has 0 unspecified atom stereocenters. The quantitative estimate of drug-likeness (QED) is 0.341. The highest BCUT2D eigenvalue weighted by molar-refractivity contribution is 7.89. The Kier molecular flexibility index (Phi) is 8.71. The van der Waals surface area contributed by atoms with Crippen LogP contribution in [0.25, 0.3) is 10.9 Å². The van der Waals surface area contributed by atoms with Gasteiger partial charge in [-0.2, -0.15) is 13.2 Å². The average Bonchev–Trinajstić information content (AvgIpc) is 3.22. The molecule has 1 aromatic heterocycles. The maximum Gasteiger partial charge on any atom is 0.406 e. The summed E-state index contributed by atoms with van der Waals surface area (Å²) in [4.78, 5) is 13.8. The van der Waals surface area contributed by atoms with Crippen molar-refractivity contribution < 1.29 is 31.1 Å². The molecule has 13 heteroatoms.